The summed E-state index contributed by atoms with van der Waals surface area (Å²) in [5, 5.41) is 11.0. The third kappa shape index (κ3) is 4.21. The van der Waals surface area contributed by atoms with Gasteiger partial charge in [-0.3, -0.25) is 4.79 Å². The maximum atomic E-state index is 12.9. The van der Waals surface area contributed by atoms with Crippen LogP contribution in [0.15, 0.2) is 18.2 Å². The number of carbonyl (C=O) groups is 2. The molecule has 5 nitrogen and oxygen atoms in total. The van der Waals surface area contributed by atoms with Crippen LogP contribution in [0.2, 0.25) is 5.02 Å². The number of carboxylic acid groups (broad SMARTS) is 1. The van der Waals surface area contributed by atoms with E-state index in [1.54, 1.807) is 0 Å². The molecule has 0 bridgehead atoms. The highest BCUT2D eigenvalue weighted by atomic mass is 35.5. The van der Waals surface area contributed by atoms with E-state index in [1.807, 2.05) is 0 Å². The average Bonchev–Trinajstić information content (AvgIpc) is 2.29. The molecule has 0 atom stereocenters. The number of halogens is 2. The molecule has 2 N–H and O–H groups in total. The van der Waals surface area contributed by atoms with Gasteiger partial charge in [0.1, 0.15) is 12.4 Å². The van der Waals surface area contributed by atoms with Crippen LogP contribution >= 0.6 is 11.6 Å². The summed E-state index contributed by atoms with van der Waals surface area (Å²) in [4.78, 5) is 22.9. The fourth-order valence-electron chi connectivity index (χ4n) is 1.24. The Balaban J connectivity index is 2.52. The van der Waals surface area contributed by atoms with Gasteiger partial charge in [-0.15, -0.1) is 0 Å². The molecular weight excluding hydrogens is 263 g/mol. The Morgan fingerprint density at radius 2 is 2.17 bits per heavy atom. The first-order valence-electron chi connectivity index (χ1n) is 5.05. The highest BCUT2D eigenvalue weighted by molar-refractivity contribution is 6.30. The molecule has 0 aliphatic heterocycles. The molecule has 0 unspecified atom stereocenters. The van der Waals surface area contributed by atoms with Gasteiger partial charge in [0, 0.05) is 13.6 Å². The highest BCUT2D eigenvalue weighted by Gasteiger charge is 2.11. The van der Waals surface area contributed by atoms with Crippen LogP contribution in [0.25, 0.3) is 0 Å². The van der Waals surface area contributed by atoms with Crippen molar-refractivity contribution in [1.82, 2.24) is 10.2 Å². The van der Waals surface area contributed by atoms with Crippen molar-refractivity contribution in [1.29, 1.82) is 0 Å². The van der Waals surface area contributed by atoms with Crippen LogP contribution < -0.4 is 5.32 Å². The van der Waals surface area contributed by atoms with Gasteiger partial charge < -0.3 is 15.3 Å². The summed E-state index contributed by atoms with van der Waals surface area (Å²) in [5.74, 6) is -1.63. The number of nitrogens with one attached hydrogen (secondary N) is 1. The largest absolute Gasteiger partial charge is 0.480 e. The first-order chi connectivity index (χ1) is 8.40. The standard InChI is InChI=1S/C11H12ClFN2O3/c1-15(6-10(16)17)11(18)14-5-7-2-3-9(13)8(12)4-7/h2-4H,5-6H2,1H3,(H,14,18)(H,16,17). The number of benzene rings is 1. The topological polar surface area (TPSA) is 69.6 Å². The lowest BCUT2D eigenvalue weighted by atomic mass is 10.2. The van der Waals surface area contributed by atoms with E-state index < -0.39 is 24.4 Å². The van der Waals surface area contributed by atoms with Gasteiger partial charge >= 0.3 is 12.0 Å². The van der Waals surface area contributed by atoms with Crippen molar-refractivity contribution in [2.75, 3.05) is 13.6 Å². The molecule has 7 heteroatoms. The lowest BCUT2D eigenvalue weighted by Crippen LogP contribution is -2.39. The molecule has 0 spiro atoms. The predicted molar refractivity (Wildman–Crippen MR) is 63.9 cm³/mol. The molecule has 98 valence electrons. The number of rotatable bonds is 4. The van der Waals surface area contributed by atoms with Crippen molar-refractivity contribution in [3.8, 4) is 0 Å². The van der Waals surface area contributed by atoms with Crippen LogP contribution in [-0.4, -0.2) is 35.6 Å². The maximum absolute atomic E-state index is 12.9. The Morgan fingerprint density at radius 1 is 1.50 bits per heavy atom. The third-order valence-electron chi connectivity index (χ3n) is 2.15. The summed E-state index contributed by atoms with van der Waals surface area (Å²) in [6.07, 6.45) is 0. The van der Waals surface area contributed by atoms with Crippen molar-refractivity contribution in [3.63, 3.8) is 0 Å². The zero-order valence-electron chi connectivity index (χ0n) is 9.61. The maximum Gasteiger partial charge on any atom is 0.323 e. The number of carboxylic acids is 1. The molecule has 0 saturated carbocycles. The third-order valence-corrected chi connectivity index (χ3v) is 2.44. The molecular formula is C11H12ClFN2O3. The normalized spacial score (nSPS) is 9.94. The van der Waals surface area contributed by atoms with Crippen LogP contribution in [0.4, 0.5) is 9.18 Å². The van der Waals surface area contributed by atoms with Crippen molar-refractivity contribution in [3.05, 3.63) is 34.6 Å². The van der Waals surface area contributed by atoms with Crippen LogP contribution in [0, 0.1) is 5.82 Å². The summed E-state index contributed by atoms with van der Waals surface area (Å²) >= 11 is 5.58. The molecule has 0 radical (unpaired) electrons. The predicted octanol–water partition coefficient (Wildman–Crippen LogP) is 1.71. The molecule has 1 aromatic carbocycles. The number of hydrogen-bond donors (Lipinski definition) is 2. The lowest BCUT2D eigenvalue weighted by molar-refractivity contribution is -0.137. The zero-order chi connectivity index (χ0) is 13.7. The van der Waals surface area contributed by atoms with Gasteiger partial charge in [-0.05, 0) is 17.7 Å². The van der Waals surface area contributed by atoms with E-state index in [-0.39, 0.29) is 11.6 Å². The van der Waals surface area contributed by atoms with Gasteiger partial charge in [-0.25, -0.2) is 9.18 Å². The van der Waals surface area contributed by atoms with Crippen molar-refractivity contribution in [2.24, 2.45) is 0 Å². The minimum absolute atomic E-state index is 0.0272. The summed E-state index contributed by atoms with van der Waals surface area (Å²) in [6.45, 7) is -0.251. The number of aliphatic carboxylic acids is 1. The summed E-state index contributed by atoms with van der Waals surface area (Å²) in [7, 11) is 1.36. The number of urea groups is 1. The number of hydrogen-bond acceptors (Lipinski definition) is 2. The van der Waals surface area contributed by atoms with Crippen LogP contribution in [0.5, 0.6) is 0 Å². The Kier molecular flexibility index (Phi) is 4.91. The second-order valence-electron chi connectivity index (χ2n) is 3.66. The van der Waals surface area contributed by atoms with Gasteiger partial charge in [-0.1, -0.05) is 17.7 Å². The van der Waals surface area contributed by atoms with Gasteiger partial charge in [0.15, 0.2) is 0 Å². The number of amides is 2. The Labute approximate surface area is 108 Å². The molecule has 1 aromatic rings. The summed E-state index contributed by atoms with van der Waals surface area (Å²) in [5.41, 5.74) is 0.624. The van der Waals surface area contributed by atoms with E-state index in [9.17, 15) is 14.0 Å². The Morgan fingerprint density at radius 3 is 2.72 bits per heavy atom. The van der Waals surface area contributed by atoms with E-state index in [0.717, 1.165) is 4.90 Å². The van der Waals surface area contributed by atoms with Crippen molar-refractivity contribution < 1.29 is 19.1 Å². The Bertz CT molecular complexity index is 468. The fraction of sp³-hybridized carbons (Fsp3) is 0.273. The SMILES string of the molecule is CN(CC(=O)O)C(=O)NCc1ccc(F)c(Cl)c1. The summed E-state index contributed by atoms with van der Waals surface area (Å²) < 4.78 is 12.9. The van der Waals surface area contributed by atoms with Crippen LogP contribution in [0.3, 0.4) is 0 Å². The first-order valence-corrected chi connectivity index (χ1v) is 5.42. The fourth-order valence-corrected chi connectivity index (χ4v) is 1.44. The van der Waals surface area contributed by atoms with Gasteiger partial charge in [0.2, 0.25) is 0 Å². The molecule has 2 amide bonds. The molecule has 0 aliphatic rings. The lowest BCUT2D eigenvalue weighted by Gasteiger charge is -2.15. The summed E-state index contributed by atoms with van der Waals surface area (Å²) in [6, 6.07) is 3.55. The second kappa shape index (κ2) is 6.20. The van der Waals surface area contributed by atoms with E-state index >= 15 is 0 Å². The first kappa shape index (κ1) is 14.2. The van der Waals surface area contributed by atoms with Gasteiger partial charge in [0.05, 0.1) is 5.02 Å². The molecule has 0 fully saturated rings. The number of likely N-dealkylation sites (N-methyl/N-ethyl adjacent to an activating group) is 1. The number of carbonyl (C=O) groups excluding carboxylic acids is 1. The highest BCUT2D eigenvalue weighted by Crippen LogP contribution is 2.15. The van der Waals surface area contributed by atoms with E-state index in [1.165, 1.54) is 25.2 Å². The van der Waals surface area contributed by atoms with Crippen LogP contribution in [-0.2, 0) is 11.3 Å². The van der Waals surface area contributed by atoms with Crippen LogP contribution in [0.1, 0.15) is 5.56 Å². The minimum atomic E-state index is -1.10. The second-order valence-corrected chi connectivity index (χ2v) is 4.06. The van der Waals surface area contributed by atoms with Gasteiger partial charge in [-0.2, -0.15) is 0 Å². The molecule has 0 saturated heterocycles. The quantitative estimate of drug-likeness (QED) is 0.878. The minimum Gasteiger partial charge on any atom is -0.480 e. The van der Waals surface area contributed by atoms with Crippen molar-refractivity contribution in [2.45, 2.75) is 6.54 Å². The van der Waals surface area contributed by atoms with E-state index in [2.05, 4.69) is 5.32 Å². The molecule has 0 heterocycles. The molecule has 0 aromatic heterocycles. The molecule has 0 aliphatic carbocycles. The molecule has 1 rings (SSSR count). The smallest absolute Gasteiger partial charge is 0.323 e. The monoisotopic (exact) mass is 274 g/mol. The van der Waals surface area contributed by atoms with Gasteiger partial charge in [0.25, 0.3) is 0 Å². The zero-order valence-corrected chi connectivity index (χ0v) is 10.4. The van der Waals surface area contributed by atoms with E-state index in [0.29, 0.717) is 5.56 Å². The average molecular weight is 275 g/mol. The number of nitrogens with zero attached hydrogens (tertiary/aromatic N) is 1. The Hall–Kier alpha value is -1.82. The van der Waals surface area contributed by atoms with Crippen molar-refractivity contribution >= 4 is 23.6 Å². The van der Waals surface area contributed by atoms with E-state index in [4.69, 9.17) is 16.7 Å². The molecule has 18 heavy (non-hydrogen) atoms.